The predicted molar refractivity (Wildman–Crippen MR) is 61.9 cm³/mol. The van der Waals surface area contributed by atoms with Crippen LogP contribution in [0.1, 0.15) is 17.3 Å². The fourth-order valence-corrected chi connectivity index (χ4v) is 2.60. The van der Waals surface area contributed by atoms with E-state index in [1.807, 2.05) is 0 Å². The predicted octanol–water partition coefficient (Wildman–Crippen LogP) is 1.47. The molecule has 0 heterocycles. The van der Waals surface area contributed by atoms with Crippen molar-refractivity contribution in [1.82, 2.24) is 0 Å². The lowest BCUT2D eigenvalue weighted by atomic mass is 10.2. The van der Waals surface area contributed by atoms with Crippen LogP contribution in [0.4, 0.5) is 8.78 Å². The second-order valence-electron chi connectivity index (χ2n) is 3.56. The van der Waals surface area contributed by atoms with E-state index in [4.69, 9.17) is 9.84 Å². The van der Waals surface area contributed by atoms with Crippen LogP contribution in [-0.4, -0.2) is 38.5 Å². The largest absolute Gasteiger partial charge is 0.477 e. The van der Waals surface area contributed by atoms with Gasteiger partial charge in [0.1, 0.15) is 16.3 Å². The molecule has 0 aliphatic rings. The maximum Gasteiger partial charge on any atom is 0.341 e. The van der Waals surface area contributed by atoms with Crippen molar-refractivity contribution in [1.29, 1.82) is 0 Å². The Bertz CT molecular complexity index is 583. The van der Waals surface area contributed by atoms with Gasteiger partial charge in [0.15, 0.2) is 15.7 Å². The summed E-state index contributed by atoms with van der Waals surface area (Å²) in [7, 11) is -4.07. The number of ether oxygens (including phenoxy) is 1. The molecule has 1 rings (SSSR count). The summed E-state index contributed by atoms with van der Waals surface area (Å²) in [5.74, 6) is -5.29. The highest BCUT2D eigenvalue weighted by molar-refractivity contribution is 7.91. The monoisotopic (exact) mass is 294 g/mol. The zero-order valence-electron chi connectivity index (χ0n) is 10.0. The van der Waals surface area contributed by atoms with Gasteiger partial charge in [0.05, 0.1) is 12.4 Å². The molecule has 0 radical (unpaired) electrons. The lowest BCUT2D eigenvalue weighted by molar-refractivity contribution is 0.0685. The maximum absolute atomic E-state index is 13.7. The van der Waals surface area contributed by atoms with Gasteiger partial charge in [-0.3, -0.25) is 0 Å². The van der Waals surface area contributed by atoms with Gasteiger partial charge in [-0.15, -0.1) is 0 Å². The molecule has 106 valence electrons. The Balaban J connectivity index is 3.21. The summed E-state index contributed by atoms with van der Waals surface area (Å²) in [6.07, 6.45) is 0. The standard InChI is InChI=1S/C11H12F2O5S/c1-2-18-5-6-19(16,17)8-4-3-7(12)9(10(8)13)11(14)15/h3-4H,2,5-6H2,1H3,(H,14,15). The van der Waals surface area contributed by atoms with E-state index in [1.165, 1.54) is 0 Å². The third-order valence-corrected chi connectivity index (χ3v) is 3.99. The minimum absolute atomic E-state index is 0.155. The molecular weight excluding hydrogens is 282 g/mol. The Morgan fingerprint density at radius 2 is 2.00 bits per heavy atom. The van der Waals surface area contributed by atoms with E-state index in [2.05, 4.69) is 0 Å². The minimum Gasteiger partial charge on any atom is -0.477 e. The Labute approximate surface area is 108 Å². The first-order valence-corrected chi connectivity index (χ1v) is 6.98. The first-order valence-electron chi connectivity index (χ1n) is 5.33. The molecule has 0 spiro atoms. The van der Waals surface area contributed by atoms with Crippen molar-refractivity contribution in [3.63, 3.8) is 0 Å². The Hall–Kier alpha value is -1.54. The van der Waals surface area contributed by atoms with Crippen LogP contribution in [0, 0.1) is 11.6 Å². The SMILES string of the molecule is CCOCCS(=O)(=O)c1ccc(F)c(C(=O)O)c1F. The van der Waals surface area contributed by atoms with Crippen molar-refractivity contribution in [2.24, 2.45) is 0 Å². The van der Waals surface area contributed by atoms with Gasteiger partial charge in [-0.05, 0) is 19.1 Å². The maximum atomic E-state index is 13.7. The fraction of sp³-hybridized carbons (Fsp3) is 0.364. The van der Waals surface area contributed by atoms with Gasteiger partial charge in [-0.1, -0.05) is 0 Å². The van der Waals surface area contributed by atoms with Crippen molar-refractivity contribution < 1.29 is 31.8 Å². The molecule has 19 heavy (non-hydrogen) atoms. The molecule has 1 aromatic carbocycles. The number of benzene rings is 1. The van der Waals surface area contributed by atoms with E-state index >= 15 is 0 Å². The third-order valence-electron chi connectivity index (χ3n) is 2.31. The summed E-state index contributed by atoms with van der Waals surface area (Å²) in [5, 5.41) is 8.65. The topological polar surface area (TPSA) is 80.7 Å². The van der Waals surface area contributed by atoms with Crippen LogP contribution in [0.25, 0.3) is 0 Å². The van der Waals surface area contributed by atoms with Crippen molar-refractivity contribution >= 4 is 15.8 Å². The summed E-state index contributed by atoms with van der Waals surface area (Å²) in [6, 6.07) is 1.32. The van der Waals surface area contributed by atoms with Crippen molar-refractivity contribution in [3.05, 3.63) is 29.3 Å². The van der Waals surface area contributed by atoms with Crippen LogP contribution in [0.3, 0.4) is 0 Å². The number of aromatic carboxylic acids is 1. The average molecular weight is 294 g/mol. The van der Waals surface area contributed by atoms with Crippen LogP contribution < -0.4 is 0 Å². The van der Waals surface area contributed by atoms with Gasteiger partial charge in [0, 0.05) is 6.61 Å². The highest BCUT2D eigenvalue weighted by Crippen LogP contribution is 2.22. The molecule has 8 heteroatoms. The van der Waals surface area contributed by atoms with Gasteiger partial charge in [0.25, 0.3) is 0 Å². The first-order chi connectivity index (χ1) is 8.81. The van der Waals surface area contributed by atoms with Gasteiger partial charge in [-0.25, -0.2) is 22.0 Å². The number of halogens is 2. The number of carboxylic acids is 1. The molecule has 0 amide bonds. The molecule has 0 bridgehead atoms. The van der Waals surface area contributed by atoms with E-state index in [-0.39, 0.29) is 6.61 Å². The highest BCUT2D eigenvalue weighted by atomic mass is 32.2. The third kappa shape index (κ3) is 3.48. The van der Waals surface area contributed by atoms with Crippen LogP contribution in [0.5, 0.6) is 0 Å². The van der Waals surface area contributed by atoms with E-state index in [0.29, 0.717) is 18.7 Å². The molecule has 5 nitrogen and oxygen atoms in total. The van der Waals surface area contributed by atoms with E-state index in [1.54, 1.807) is 6.92 Å². The lowest BCUT2D eigenvalue weighted by Crippen LogP contribution is -2.16. The molecular formula is C11H12F2O5S. The molecule has 0 atom stereocenters. The van der Waals surface area contributed by atoms with Crippen LogP contribution >= 0.6 is 0 Å². The quantitative estimate of drug-likeness (QED) is 0.635. The minimum atomic E-state index is -4.07. The summed E-state index contributed by atoms with van der Waals surface area (Å²) in [6.45, 7) is 1.80. The molecule has 0 aliphatic carbocycles. The Kier molecular flexibility index (Phi) is 4.96. The molecule has 1 aromatic rings. The molecule has 0 unspecified atom stereocenters. The molecule has 0 saturated carbocycles. The van der Waals surface area contributed by atoms with Crippen molar-refractivity contribution in [3.8, 4) is 0 Å². The molecule has 0 fully saturated rings. The molecule has 0 saturated heterocycles. The highest BCUT2D eigenvalue weighted by Gasteiger charge is 2.26. The smallest absolute Gasteiger partial charge is 0.341 e. The van der Waals surface area contributed by atoms with Crippen molar-refractivity contribution in [2.45, 2.75) is 11.8 Å². The van der Waals surface area contributed by atoms with Gasteiger partial charge < -0.3 is 9.84 Å². The Morgan fingerprint density at radius 1 is 1.37 bits per heavy atom. The molecule has 0 aliphatic heterocycles. The lowest BCUT2D eigenvalue weighted by Gasteiger charge is -2.08. The number of sulfone groups is 1. The van der Waals surface area contributed by atoms with Crippen molar-refractivity contribution in [2.75, 3.05) is 19.0 Å². The Morgan fingerprint density at radius 3 is 2.53 bits per heavy atom. The van der Waals surface area contributed by atoms with E-state index in [0.717, 1.165) is 0 Å². The first kappa shape index (κ1) is 15.5. The summed E-state index contributed by atoms with van der Waals surface area (Å²) >= 11 is 0. The number of hydrogen-bond acceptors (Lipinski definition) is 4. The van der Waals surface area contributed by atoms with Gasteiger partial charge >= 0.3 is 5.97 Å². The fourth-order valence-electron chi connectivity index (χ4n) is 1.39. The van der Waals surface area contributed by atoms with E-state index in [9.17, 15) is 22.0 Å². The second-order valence-corrected chi connectivity index (χ2v) is 5.63. The zero-order valence-corrected chi connectivity index (χ0v) is 10.8. The van der Waals surface area contributed by atoms with Gasteiger partial charge in [0.2, 0.25) is 0 Å². The summed E-state index contributed by atoms with van der Waals surface area (Å²) in [4.78, 5) is 9.84. The number of carboxylic acid groups (broad SMARTS) is 1. The normalized spacial score (nSPS) is 11.5. The molecule has 0 aromatic heterocycles. The number of hydrogen-bond donors (Lipinski definition) is 1. The van der Waals surface area contributed by atoms with Crippen LogP contribution in [0.2, 0.25) is 0 Å². The summed E-state index contributed by atoms with van der Waals surface area (Å²) < 4.78 is 55.3. The van der Waals surface area contributed by atoms with Gasteiger partial charge in [-0.2, -0.15) is 0 Å². The summed E-state index contributed by atoms with van der Waals surface area (Å²) in [5.41, 5.74) is -1.28. The van der Waals surface area contributed by atoms with Crippen LogP contribution in [0.15, 0.2) is 17.0 Å². The van der Waals surface area contributed by atoms with Crippen LogP contribution in [-0.2, 0) is 14.6 Å². The number of rotatable bonds is 6. The average Bonchev–Trinajstić information content (AvgIpc) is 2.28. The second kappa shape index (κ2) is 6.07. The van der Waals surface area contributed by atoms with E-state index < -0.39 is 43.7 Å². The molecule has 1 N–H and O–H groups in total. The number of carbonyl (C=O) groups is 1. The zero-order chi connectivity index (χ0) is 14.6.